The van der Waals surface area contributed by atoms with Crippen LogP contribution in [0.4, 0.5) is 5.69 Å². The molecule has 0 fully saturated rings. The highest BCUT2D eigenvalue weighted by Gasteiger charge is 2.12. The number of para-hydroxylation sites is 3. The van der Waals surface area contributed by atoms with E-state index in [0.717, 1.165) is 38.2 Å². The molecule has 1 amide bonds. The number of hydrogen-bond acceptors (Lipinski definition) is 4. The minimum absolute atomic E-state index is 0.210. The van der Waals surface area contributed by atoms with E-state index in [-0.39, 0.29) is 5.91 Å². The number of anilines is 1. The fourth-order valence-corrected chi connectivity index (χ4v) is 3.47. The molecule has 0 aliphatic rings. The Hall–Kier alpha value is -3.31. The molecule has 0 aromatic heterocycles. The van der Waals surface area contributed by atoms with Crippen molar-refractivity contribution < 1.29 is 14.3 Å². The summed E-state index contributed by atoms with van der Waals surface area (Å²) in [5.74, 6) is 1.80. The second-order valence-electron chi connectivity index (χ2n) is 7.58. The van der Waals surface area contributed by atoms with Gasteiger partial charge in [0.1, 0.15) is 23.9 Å². The Morgan fingerprint density at radius 3 is 2.25 bits per heavy atom. The molecule has 0 aliphatic carbocycles. The van der Waals surface area contributed by atoms with E-state index < -0.39 is 0 Å². The van der Waals surface area contributed by atoms with Gasteiger partial charge in [0, 0.05) is 12.1 Å². The Bertz CT molecular complexity index is 969. The third-order valence-electron chi connectivity index (χ3n) is 4.96. The molecule has 0 saturated heterocycles. The first-order valence-electron chi connectivity index (χ1n) is 11.3. The number of nitrogens with zero attached hydrogens (tertiary/aromatic N) is 1. The lowest BCUT2D eigenvalue weighted by atomic mass is 10.2. The summed E-state index contributed by atoms with van der Waals surface area (Å²) in [5.41, 5.74) is 1.18. The van der Waals surface area contributed by atoms with Gasteiger partial charge in [0.2, 0.25) is 0 Å². The first-order valence-corrected chi connectivity index (χ1v) is 11.3. The highest BCUT2D eigenvalue weighted by molar-refractivity contribution is 6.05. The molecule has 1 N–H and O–H groups in total. The van der Waals surface area contributed by atoms with Crippen LogP contribution < -0.4 is 14.8 Å². The minimum atomic E-state index is -0.210. The predicted molar refractivity (Wildman–Crippen MR) is 130 cm³/mol. The second kappa shape index (κ2) is 12.5. The van der Waals surface area contributed by atoms with Crippen molar-refractivity contribution in [1.82, 2.24) is 4.90 Å². The van der Waals surface area contributed by atoms with E-state index >= 15 is 0 Å². The second-order valence-corrected chi connectivity index (χ2v) is 7.58. The summed E-state index contributed by atoms with van der Waals surface area (Å²) < 4.78 is 11.9. The van der Waals surface area contributed by atoms with Gasteiger partial charge in [-0.05, 0) is 68.4 Å². The number of hydrogen-bond donors (Lipinski definition) is 1. The molecule has 0 unspecified atom stereocenters. The topological polar surface area (TPSA) is 50.8 Å². The first-order chi connectivity index (χ1) is 15.7. The number of benzene rings is 3. The number of carbonyl (C=O) groups excluding carboxylic acids is 1. The van der Waals surface area contributed by atoms with E-state index in [1.165, 1.54) is 0 Å². The normalized spacial score (nSPS) is 10.7. The van der Waals surface area contributed by atoms with Crippen LogP contribution in [0.3, 0.4) is 0 Å². The van der Waals surface area contributed by atoms with Crippen LogP contribution in [0.2, 0.25) is 0 Å². The van der Waals surface area contributed by atoms with Crippen LogP contribution >= 0.6 is 0 Å². The summed E-state index contributed by atoms with van der Waals surface area (Å²) in [6.07, 6.45) is 2.25. The van der Waals surface area contributed by atoms with Gasteiger partial charge in [0.15, 0.2) is 0 Å². The standard InChI is InChI=1S/C27H32N2O3/c1-3-17-29(18-4-2)19-20-31-26-16-9-8-15-25(26)28-27(30)22-11-10-14-24(21-22)32-23-12-6-5-7-13-23/h5-16,21H,3-4,17-20H2,1-2H3,(H,28,30). The van der Waals surface area contributed by atoms with Crippen LogP contribution in [0.1, 0.15) is 37.0 Å². The van der Waals surface area contributed by atoms with Crippen molar-refractivity contribution in [1.29, 1.82) is 0 Å². The summed E-state index contributed by atoms with van der Waals surface area (Å²) in [6.45, 7) is 7.95. The molecule has 168 valence electrons. The summed E-state index contributed by atoms with van der Waals surface area (Å²) in [7, 11) is 0. The first kappa shape index (κ1) is 23.4. The van der Waals surface area contributed by atoms with Gasteiger partial charge in [-0.3, -0.25) is 9.69 Å². The van der Waals surface area contributed by atoms with Gasteiger partial charge < -0.3 is 14.8 Å². The van der Waals surface area contributed by atoms with Crippen LogP contribution in [0.25, 0.3) is 0 Å². The SMILES string of the molecule is CCCN(CCC)CCOc1ccccc1NC(=O)c1cccc(Oc2ccccc2)c1. The zero-order valence-electron chi connectivity index (χ0n) is 18.9. The van der Waals surface area contributed by atoms with Crippen molar-refractivity contribution >= 4 is 11.6 Å². The molecule has 32 heavy (non-hydrogen) atoms. The highest BCUT2D eigenvalue weighted by atomic mass is 16.5. The Kier molecular flexibility index (Phi) is 9.14. The molecule has 0 heterocycles. The van der Waals surface area contributed by atoms with E-state index in [1.54, 1.807) is 12.1 Å². The van der Waals surface area contributed by atoms with Gasteiger partial charge in [-0.15, -0.1) is 0 Å². The van der Waals surface area contributed by atoms with Crippen molar-refractivity contribution in [3.05, 3.63) is 84.4 Å². The molecule has 3 aromatic rings. The van der Waals surface area contributed by atoms with E-state index in [9.17, 15) is 4.79 Å². The minimum Gasteiger partial charge on any atom is -0.490 e. The Labute approximate surface area is 191 Å². The maximum atomic E-state index is 12.9. The number of amides is 1. The van der Waals surface area contributed by atoms with Crippen LogP contribution in [0.5, 0.6) is 17.2 Å². The van der Waals surface area contributed by atoms with Crippen molar-refractivity contribution in [2.75, 3.05) is 31.6 Å². The lowest BCUT2D eigenvalue weighted by Crippen LogP contribution is -2.30. The predicted octanol–water partition coefficient (Wildman–Crippen LogP) is 6.23. The zero-order valence-corrected chi connectivity index (χ0v) is 18.9. The number of nitrogens with one attached hydrogen (secondary N) is 1. The quantitative estimate of drug-likeness (QED) is 0.368. The van der Waals surface area contributed by atoms with Crippen LogP contribution in [-0.4, -0.2) is 37.0 Å². The van der Waals surface area contributed by atoms with Crippen LogP contribution in [0, 0.1) is 0 Å². The molecule has 0 bridgehead atoms. The van der Waals surface area contributed by atoms with Gasteiger partial charge >= 0.3 is 0 Å². The van der Waals surface area contributed by atoms with Gasteiger partial charge in [-0.2, -0.15) is 0 Å². The van der Waals surface area contributed by atoms with Crippen molar-refractivity contribution in [3.8, 4) is 17.2 Å². The molecule has 5 nitrogen and oxygen atoms in total. The zero-order chi connectivity index (χ0) is 22.6. The molecule has 3 rings (SSSR count). The van der Waals surface area contributed by atoms with E-state index in [4.69, 9.17) is 9.47 Å². The van der Waals surface area contributed by atoms with Crippen LogP contribution in [0.15, 0.2) is 78.9 Å². The molecule has 5 heteroatoms. The molecule has 0 spiro atoms. The third-order valence-corrected chi connectivity index (χ3v) is 4.96. The van der Waals surface area contributed by atoms with Crippen molar-refractivity contribution in [2.45, 2.75) is 26.7 Å². The molecule has 0 aliphatic heterocycles. The maximum Gasteiger partial charge on any atom is 0.255 e. The Morgan fingerprint density at radius 1 is 0.812 bits per heavy atom. The lowest BCUT2D eigenvalue weighted by Gasteiger charge is -2.21. The summed E-state index contributed by atoms with van der Waals surface area (Å²) in [5, 5.41) is 2.97. The van der Waals surface area contributed by atoms with Gasteiger partial charge in [-0.1, -0.05) is 50.2 Å². The largest absolute Gasteiger partial charge is 0.490 e. The van der Waals surface area contributed by atoms with Gasteiger partial charge in [0.25, 0.3) is 5.91 Å². The monoisotopic (exact) mass is 432 g/mol. The van der Waals surface area contributed by atoms with E-state index in [2.05, 4.69) is 24.1 Å². The number of carbonyl (C=O) groups is 1. The Morgan fingerprint density at radius 2 is 1.50 bits per heavy atom. The summed E-state index contributed by atoms with van der Waals surface area (Å²) in [6, 6.07) is 24.2. The lowest BCUT2D eigenvalue weighted by molar-refractivity contribution is 0.102. The molecule has 0 radical (unpaired) electrons. The van der Waals surface area contributed by atoms with E-state index in [0.29, 0.717) is 29.4 Å². The fraction of sp³-hybridized carbons (Fsp3) is 0.296. The summed E-state index contributed by atoms with van der Waals surface area (Å²) in [4.78, 5) is 15.3. The smallest absolute Gasteiger partial charge is 0.255 e. The number of rotatable bonds is 12. The van der Waals surface area contributed by atoms with Crippen molar-refractivity contribution in [3.63, 3.8) is 0 Å². The molecular formula is C27H32N2O3. The average molecular weight is 433 g/mol. The van der Waals surface area contributed by atoms with E-state index in [1.807, 2.05) is 66.7 Å². The van der Waals surface area contributed by atoms with Crippen molar-refractivity contribution in [2.24, 2.45) is 0 Å². The maximum absolute atomic E-state index is 12.9. The highest BCUT2D eigenvalue weighted by Crippen LogP contribution is 2.26. The average Bonchev–Trinajstić information content (AvgIpc) is 2.81. The third kappa shape index (κ3) is 7.13. The molecule has 3 aromatic carbocycles. The molecule has 0 atom stereocenters. The van der Waals surface area contributed by atoms with Crippen LogP contribution in [-0.2, 0) is 0 Å². The van der Waals surface area contributed by atoms with Gasteiger partial charge in [-0.25, -0.2) is 0 Å². The molecule has 0 saturated carbocycles. The van der Waals surface area contributed by atoms with Gasteiger partial charge in [0.05, 0.1) is 5.69 Å². The molecular weight excluding hydrogens is 400 g/mol. The summed E-state index contributed by atoms with van der Waals surface area (Å²) >= 11 is 0. The fourth-order valence-electron chi connectivity index (χ4n) is 3.47. The number of ether oxygens (including phenoxy) is 2. The Balaban J connectivity index is 1.62.